The van der Waals surface area contributed by atoms with Gasteiger partial charge in [-0.05, 0) is 93.9 Å². The molecule has 0 spiro atoms. The zero-order valence-corrected chi connectivity index (χ0v) is 49.9. The molecular formula is C58H84N14O17. The zero-order valence-electron chi connectivity index (χ0n) is 49.9. The number of allylic oxidation sites excluding steroid dienone is 2. The summed E-state index contributed by atoms with van der Waals surface area (Å²) in [6.07, 6.45) is 1.25. The maximum Gasteiger partial charge on any atom is 0.326 e. The van der Waals surface area contributed by atoms with Crippen LogP contribution in [0.4, 0.5) is 0 Å². The number of aliphatic imine (C=N–C) groups is 1. The van der Waals surface area contributed by atoms with Crippen molar-refractivity contribution in [2.45, 2.75) is 178 Å². The highest BCUT2D eigenvalue weighted by atomic mass is 16.4. The zero-order chi connectivity index (χ0) is 66.3. The third kappa shape index (κ3) is 27.3. The monoisotopic (exact) mass is 1250 g/mol. The van der Waals surface area contributed by atoms with E-state index in [1.54, 1.807) is 56.3 Å². The van der Waals surface area contributed by atoms with Crippen molar-refractivity contribution < 1.29 is 82.8 Å². The number of nitrogens with one attached hydrogen (secondary N) is 9. The lowest BCUT2D eigenvalue weighted by atomic mass is 9.96. The minimum absolute atomic E-state index is 0.0646. The van der Waals surface area contributed by atoms with Crippen LogP contribution in [0, 0.1) is 5.92 Å². The normalized spacial score (nSPS) is 20.3. The number of benzene rings is 2. The van der Waals surface area contributed by atoms with Crippen LogP contribution in [0.25, 0.3) is 0 Å². The molecule has 10 amide bonds. The van der Waals surface area contributed by atoms with Gasteiger partial charge in [-0.1, -0.05) is 74.9 Å². The molecule has 3 rings (SSSR count). The van der Waals surface area contributed by atoms with Crippen molar-refractivity contribution >= 4 is 82.9 Å². The number of hydrogen-bond donors (Lipinski definition) is 17. The van der Waals surface area contributed by atoms with Crippen LogP contribution in [0.15, 0.2) is 71.7 Å². The minimum Gasteiger partial charge on any atom is -0.508 e. The molecule has 1 aliphatic heterocycles. The number of nitrogens with zero attached hydrogens (tertiary/aromatic N) is 1. The molecule has 31 nitrogen and oxygen atoms in total. The summed E-state index contributed by atoms with van der Waals surface area (Å²) in [5.41, 5.74) is 22.6. The summed E-state index contributed by atoms with van der Waals surface area (Å²) in [7, 11) is 0. The lowest BCUT2D eigenvalue weighted by Gasteiger charge is -2.29. The number of amides is 10. The summed E-state index contributed by atoms with van der Waals surface area (Å²) < 4.78 is 0. The van der Waals surface area contributed by atoms with Crippen molar-refractivity contribution in [1.82, 2.24) is 47.9 Å². The Morgan fingerprint density at radius 3 is 1.85 bits per heavy atom. The summed E-state index contributed by atoms with van der Waals surface area (Å²) >= 11 is 0. The van der Waals surface area contributed by atoms with Gasteiger partial charge in [0.2, 0.25) is 59.1 Å². The molecule has 31 heteroatoms. The van der Waals surface area contributed by atoms with Gasteiger partial charge in [0.05, 0.1) is 18.9 Å². The Balaban J connectivity index is 2.08. The van der Waals surface area contributed by atoms with E-state index in [4.69, 9.17) is 22.9 Å². The minimum atomic E-state index is -1.93. The van der Waals surface area contributed by atoms with Crippen molar-refractivity contribution in [3.63, 3.8) is 0 Å². The van der Waals surface area contributed by atoms with Crippen molar-refractivity contribution in [3.8, 4) is 5.75 Å². The Bertz CT molecular complexity index is 2850. The molecule has 0 radical (unpaired) electrons. The SMILES string of the molecule is CC[C@H](C)[C@@H]1NC(=O)[C@H](CC(=O)O)NC(=O)[C@H](Cc2ccc(O)cc2)NC(=O)[C@@H](NC(=O)[C@H](C)NC(=O)[C@H](CCC(=O)O)NC(=O)[C@@H](N)CC(N)=O)CCC/C=C\CCC[C@@H](C(=O)N[C@@H](Cc2ccccc2)C(=O)N[C@@H](CCCN=C(N)N)C(=O)O)NC1=O. The highest BCUT2D eigenvalue weighted by molar-refractivity contribution is 5.99. The fourth-order valence-electron chi connectivity index (χ4n) is 9.04. The molecule has 0 saturated heterocycles. The van der Waals surface area contributed by atoms with Gasteiger partial charge in [-0.3, -0.25) is 62.5 Å². The van der Waals surface area contributed by atoms with Gasteiger partial charge in [0.1, 0.15) is 60.1 Å². The summed E-state index contributed by atoms with van der Waals surface area (Å²) in [6.45, 7) is 4.56. The van der Waals surface area contributed by atoms with Crippen LogP contribution in [0.3, 0.4) is 0 Å². The van der Waals surface area contributed by atoms with Crippen molar-refractivity contribution in [2.75, 3.05) is 6.54 Å². The Hall–Kier alpha value is -9.68. The number of carboxylic acid groups (broad SMARTS) is 3. The summed E-state index contributed by atoms with van der Waals surface area (Å²) in [5, 5.41) is 61.9. The quantitative estimate of drug-likeness (QED) is 0.0177. The Morgan fingerprint density at radius 1 is 0.652 bits per heavy atom. The van der Waals surface area contributed by atoms with Crippen molar-refractivity contribution in [3.05, 3.63) is 77.9 Å². The van der Waals surface area contributed by atoms with Crippen LogP contribution in [0.5, 0.6) is 5.75 Å². The van der Waals surface area contributed by atoms with Crippen LogP contribution in [0.1, 0.15) is 115 Å². The van der Waals surface area contributed by atoms with Gasteiger partial charge < -0.3 is 91.2 Å². The number of primary amides is 1. The van der Waals surface area contributed by atoms with Gasteiger partial charge in [0.25, 0.3) is 0 Å². The van der Waals surface area contributed by atoms with E-state index in [0.717, 1.165) is 0 Å². The maximum atomic E-state index is 14.5. The second-order valence-corrected chi connectivity index (χ2v) is 21.5. The van der Waals surface area contributed by atoms with E-state index >= 15 is 0 Å². The first-order valence-corrected chi connectivity index (χ1v) is 29.0. The molecule has 2 aromatic carbocycles. The second-order valence-electron chi connectivity index (χ2n) is 21.5. The molecule has 11 atom stereocenters. The second kappa shape index (κ2) is 37.8. The molecule has 0 saturated carbocycles. The van der Waals surface area contributed by atoms with Crippen molar-refractivity contribution in [1.29, 1.82) is 0 Å². The van der Waals surface area contributed by atoms with Gasteiger partial charge in [0.15, 0.2) is 5.96 Å². The van der Waals surface area contributed by atoms with Crippen LogP contribution in [-0.2, 0) is 75.2 Å². The number of aliphatic carboxylic acids is 3. The number of rotatable bonds is 28. The highest BCUT2D eigenvalue weighted by Gasteiger charge is 2.37. The molecule has 0 fully saturated rings. The van der Waals surface area contributed by atoms with E-state index in [2.05, 4.69) is 52.8 Å². The molecule has 0 unspecified atom stereocenters. The summed E-state index contributed by atoms with van der Waals surface area (Å²) in [4.78, 5) is 178. The standard InChI is InChI=1S/C58H84N14O17/c1-4-31(2)47-56(87)67-38(52(83)69-41(27-33-15-10-9-11-16-33)53(84)68-40(57(88)89)19-14-26-63-58(61)62)18-13-8-6-5-7-12-17-37(65-48(79)32(3)64-50(81)39(24-25-45(75)76)66-49(80)36(59)29-44(60)74)51(82)70-42(28-34-20-22-35(73)23-21-34)54(85)71-43(30-46(77)78)55(86)72-47/h5-6,9-11,15-16,20-23,31-32,36-43,47,73H,4,7-8,12-14,17-19,24-30,59H2,1-3H3,(H2,60,74)(H,64,81)(H,65,79)(H,66,80)(H,67,87)(H,68,84)(H,69,83)(H,70,82)(H,71,85)(H,72,86)(H,75,76)(H,77,78)(H,88,89)(H4,61,62,63)/b6-5-/t31-,32-,36-,37-,38-,39-,40-,41-,42-,43-,47-/m0/s1. The molecule has 488 valence electrons. The highest BCUT2D eigenvalue weighted by Crippen LogP contribution is 2.16. The molecule has 2 aromatic rings. The first-order chi connectivity index (χ1) is 42.1. The predicted molar refractivity (Wildman–Crippen MR) is 320 cm³/mol. The van der Waals surface area contributed by atoms with Crippen LogP contribution < -0.4 is 70.8 Å². The molecule has 21 N–H and O–H groups in total. The van der Waals surface area contributed by atoms with E-state index in [9.17, 15) is 82.8 Å². The first-order valence-electron chi connectivity index (χ1n) is 29.0. The fourth-order valence-corrected chi connectivity index (χ4v) is 9.04. The third-order valence-corrected chi connectivity index (χ3v) is 14.2. The largest absolute Gasteiger partial charge is 0.508 e. The van der Waals surface area contributed by atoms with Gasteiger partial charge in [0, 0.05) is 25.8 Å². The summed E-state index contributed by atoms with van der Waals surface area (Å²) in [5.74, 6) is -15.3. The van der Waals surface area contributed by atoms with Gasteiger partial charge in [-0.15, -0.1) is 0 Å². The number of phenols is 1. The average Bonchev–Trinajstić information content (AvgIpc) is 3.67. The van der Waals surface area contributed by atoms with Crippen LogP contribution in [0.2, 0.25) is 0 Å². The lowest BCUT2D eigenvalue weighted by molar-refractivity contribution is -0.143. The summed E-state index contributed by atoms with van der Waals surface area (Å²) in [6, 6.07) is -1.51. The molecule has 0 aromatic heterocycles. The third-order valence-electron chi connectivity index (χ3n) is 14.2. The Kier molecular flexibility index (Phi) is 31.2. The van der Waals surface area contributed by atoms with E-state index in [1.807, 2.05) is 0 Å². The molecule has 0 aliphatic carbocycles. The number of hydrogen-bond acceptors (Lipinski definition) is 16. The topological polar surface area (TPSA) is 528 Å². The molecule has 1 aliphatic rings. The predicted octanol–water partition coefficient (Wildman–Crippen LogP) is -2.80. The number of carbonyl (C=O) groups is 13. The Morgan fingerprint density at radius 2 is 1.26 bits per heavy atom. The number of carboxylic acids is 3. The van der Waals surface area contributed by atoms with E-state index in [0.29, 0.717) is 11.1 Å². The van der Waals surface area contributed by atoms with Crippen LogP contribution in [-0.4, -0.2) is 170 Å². The smallest absolute Gasteiger partial charge is 0.326 e. The molecular weight excluding hydrogens is 1160 g/mol. The van der Waals surface area contributed by atoms with Gasteiger partial charge in [-0.2, -0.15) is 0 Å². The number of aromatic hydroxyl groups is 1. The molecule has 1 heterocycles. The van der Waals surface area contributed by atoms with E-state index in [1.165, 1.54) is 31.2 Å². The Labute approximate surface area is 513 Å². The maximum absolute atomic E-state index is 14.5. The molecule has 89 heavy (non-hydrogen) atoms. The van der Waals surface area contributed by atoms with Crippen molar-refractivity contribution in [2.24, 2.45) is 33.8 Å². The van der Waals surface area contributed by atoms with Gasteiger partial charge in [-0.25, -0.2) is 4.79 Å². The van der Waals surface area contributed by atoms with E-state index < -0.39 is 169 Å². The lowest BCUT2D eigenvalue weighted by Crippen LogP contribution is -2.61. The number of phenolic OH excluding ortho intramolecular Hbond substituents is 1. The fraction of sp³-hybridized carbons (Fsp3) is 0.517. The number of nitrogens with two attached hydrogens (primary N) is 4. The average molecular weight is 1250 g/mol. The van der Waals surface area contributed by atoms with Crippen LogP contribution >= 0.6 is 0 Å². The molecule has 0 bridgehead atoms. The number of guanidine groups is 1. The van der Waals surface area contributed by atoms with Gasteiger partial charge >= 0.3 is 17.9 Å². The number of carbonyl (C=O) groups excluding carboxylic acids is 10. The first kappa shape index (κ1) is 73.6. The van der Waals surface area contributed by atoms with E-state index in [-0.39, 0.29) is 88.9 Å².